The van der Waals surface area contributed by atoms with E-state index in [2.05, 4.69) is 0 Å². The molecule has 0 aliphatic heterocycles. The van der Waals surface area contributed by atoms with Crippen molar-refractivity contribution in [3.63, 3.8) is 0 Å². The molecule has 148 valence electrons. The molecule has 0 heterocycles. The van der Waals surface area contributed by atoms with Crippen LogP contribution in [0.4, 0.5) is 0 Å². The number of rotatable bonds is 10. The first-order valence-electron chi connectivity index (χ1n) is 6.23. The van der Waals surface area contributed by atoms with Crippen molar-refractivity contribution in [3.05, 3.63) is 0 Å². The van der Waals surface area contributed by atoms with Gasteiger partial charge in [0.1, 0.15) is 11.2 Å². The van der Waals surface area contributed by atoms with Crippen LogP contribution in [0.15, 0.2) is 0 Å². The van der Waals surface area contributed by atoms with Gasteiger partial charge in [-0.3, -0.25) is 0 Å². The second kappa shape index (κ2) is 14.9. The van der Waals surface area contributed by atoms with Crippen LogP contribution in [0, 0.1) is 0 Å². The van der Waals surface area contributed by atoms with Crippen LogP contribution in [-0.2, 0) is 50.5 Å². The van der Waals surface area contributed by atoms with Gasteiger partial charge >= 0.3 is 70.6 Å². The molecule has 0 radical (unpaired) electrons. The van der Waals surface area contributed by atoms with Gasteiger partial charge in [0, 0.05) is 49.6 Å². The summed E-state index contributed by atoms with van der Waals surface area (Å²) in [7, 11) is 0. The predicted molar refractivity (Wildman–Crippen MR) is 64.2 cm³/mol. The van der Waals surface area contributed by atoms with Crippen molar-refractivity contribution in [1.29, 1.82) is 0 Å². The van der Waals surface area contributed by atoms with E-state index in [-0.39, 0.29) is 70.6 Å². The molecule has 0 amide bonds. The molecule has 0 atom stereocenters. The van der Waals surface area contributed by atoms with Crippen LogP contribution in [0.25, 0.3) is 0 Å². The fourth-order valence-corrected chi connectivity index (χ4v) is 1.37. The van der Waals surface area contributed by atoms with Crippen molar-refractivity contribution in [1.82, 2.24) is 0 Å². The van der Waals surface area contributed by atoms with Gasteiger partial charge < -0.3 is 69.6 Å². The van der Waals surface area contributed by atoms with Gasteiger partial charge in [-0.1, -0.05) is 0 Å². The summed E-state index contributed by atoms with van der Waals surface area (Å²) in [5.41, 5.74) is -5.95. The zero-order chi connectivity index (χ0) is 21.3. The molecular formula is C12H10BaO14Ti. The third-order valence-electron chi connectivity index (χ3n) is 2.51. The minimum atomic E-state index is -2.97. The van der Waals surface area contributed by atoms with Gasteiger partial charge in [0.15, 0.2) is 0 Å². The third-order valence-corrected chi connectivity index (χ3v) is 2.51. The van der Waals surface area contributed by atoms with Crippen molar-refractivity contribution in [2.24, 2.45) is 0 Å². The third kappa shape index (κ3) is 15.0. The molecule has 2 N–H and O–H groups in total. The SMILES string of the molecule is O=C([O-])CC(O)(CC(=O)[O-])C(=O)[O-].O=C([O-])CC(O)(CC(=O)[O-])C(=O)[O-].[Ba+2].[Ti+4]. The number of carbonyl (C=O) groups excluding carboxylic acids is 6. The number of carboxylic acid groups (broad SMARTS) is 6. The summed E-state index contributed by atoms with van der Waals surface area (Å²) in [4.78, 5) is 60.0. The van der Waals surface area contributed by atoms with Crippen molar-refractivity contribution in [2.45, 2.75) is 36.9 Å². The fraction of sp³-hybridized carbons (Fsp3) is 0.500. The fourth-order valence-electron chi connectivity index (χ4n) is 1.37. The topological polar surface area (TPSA) is 281 Å². The quantitative estimate of drug-likeness (QED) is 0.233. The van der Waals surface area contributed by atoms with Gasteiger partial charge in [-0.15, -0.1) is 0 Å². The van der Waals surface area contributed by atoms with Gasteiger partial charge in [-0.2, -0.15) is 0 Å². The number of hydrogen-bond donors (Lipinski definition) is 2. The second-order valence-electron chi connectivity index (χ2n) is 4.83. The molecule has 0 aromatic rings. The summed E-state index contributed by atoms with van der Waals surface area (Å²) in [6.45, 7) is 0. The molecule has 0 aliphatic carbocycles. The molecule has 16 heteroatoms. The van der Waals surface area contributed by atoms with E-state index in [4.69, 9.17) is 10.2 Å². The Labute approximate surface area is 211 Å². The Morgan fingerprint density at radius 1 is 0.536 bits per heavy atom. The molecule has 0 aromatic heterocycles. The largest absolute Gasteiger partial charge is 4.00 e. The maximum atomic E-state index is 10.1. The molecule has 28 heavy (non-hydrogen) atoms. The Hall–Kier alpha value is -0.974. The number of carboxylic acids is 6. The minimum absolute atomic E-state index is 0. The predicted octanol–water partition coefficient (Wildman–Crippen LogP) is -10.9. The number of aliphatic carboxylic acids is 6. The molecule has 0 aromatic carbocycles. The van der Waals surface area contributed by atoms with Crippen LogP contribution in [-0.4, -0.2) is 106 Å². The number of carbonyl (C=O) groups is 6. The van der Waals surface area contributed by atoms with Crippen LogP contribution in [0.5, 0.6) is 0 Å². The van der Waals surface area contributed by atoms with Crippen LogP contribution in [0.2, 0.25) is 0 Å². The molecular weight excluding hydrogens is 553 g/mol. The van der Waals surface area contributed by atoms with Crippen LogP contribution in [0.1, 0.15) is 25.7 Å². The normalized spacial score (nSPS) is 10.1. The second-order valence-corrected chi connectivity index (χ2v) is 4.83. The molecule has 0 rings (SSSR count). The van der Waals surface area contributed by atoms with Gasteiger partial charge in [-0.05, 0) is 0 Å². The zero-order valence-corrected chi connectivity index (χ0v) is 19.8. The number of hydrogen-bond acceptors (Lipinski definition) is 14. The van der Waals surface area contributed by atoms with Crippen molar-refractivity contribution >= 4 is 84.7 Å². The summed E-state index contributed by atoms with van der Waals surface area (Å²) >= 11 is 0. The van der Waals surface area contributed by atoms with E-state index in [1.165, 1.54) is 0 Å². The molecule has 0 aliphatic rings. The van der Waals surface area contributed by atoms with Crippen molar-refractivity contribution in [2.75, 3.05) is 0 Å². The Balaban J connectivity index is -0.000000192. The van der Waals surface area contributed by atoms with E-state index in [0.717, 1.165) is 0 Å². The summed E-state index contributed by atoms with van der Waals surface area (Å²) in [5.74, 6) is -12.0. The van der Waals surface area contributed by atoms with Crippen LogP contribution >= 0.6 is 0 Å². The van der Waals surface area contributed by atoms with E-state index < -0.39 is 72.7 Å². The Kier molecular flexibility index (Phi) is 18.4. The van der Waals surface area contributed by atoms with Crippen LogP contribution < -0.4 is 30.6 Å². The van der Waals surface area contributed by atoms with E-state index in [0.29, 0.717) is 0 Å². The summed E-state index contributed by atoms with van der Waals surface area (Å²) in [6.07, 6.45) is -5.43. The average Bonchev–Trinajstić information content (AvgIpc) is 2.34. The monoisotopic (exact) mass is 564 g/mol. The molecule has 0 fully saturated rings. The number of aliphatic hydroxyl groups is 2. The summed E-state index contributed by atoms with van der Waals surface area (Å²) in [6, 6.07) is 0. The van der Waals surface area contributed by atoms with E-state index in [9.17, 15) is 59.4 Å². The first-order valence-corrected chi connectivity index (χ1v) is 6.23. The van der Waals surface area contributed by atoms with Crippen LogP contribution in [0.3, 0.4) is 0 Å². The van der Waals surface area contributed by atoms with Gasteiger partial charge in [0.25, 0.3) is 0 Å². The molecule has 0 saturated heterocycles. The van der Waals surface area contributed by atoms with Crippen molar-refractivity contribution in [3.8, 4) is 0 Å². The van der Waals surface area contributed by atoms with Gasteiger partial charge in [0.2, 0.25) is 0 Å². The summed E-state index contributed by atoms with van der Waals surface area (Å²) < 4.78 is 0. The Morgan fingerprint density at radius 3 is 0.750 bits per heavy atom. The molecule has 0 saturated carbocycles. The maximum Gasteiger partial charge on any atom is 4.00 e. The summed E-state index contributed by atoms with van der Waals surface area (Å²) in [5, 5.41) is 77.9. The smallest absolute Gasteiger partial charge is 0.550 e. The van der Waals surface area contributed by atoms with Gasteiger partial charge in [0.05, 0.1) is 11.9 Å². The van der Waals surface area contributed by atoms with E-state index >= 15 is 0 Å². The zero-order valence-electron chi connectivity index (χ0n) is 13.8. The Bertz CT molecular complexity index is 519. The molecule has 0 spiro atoms. The molecule has 0 bridgehead atoms. The molecule has 0 unspecified atom stereocenters. The molecule has 14 nitrogen and oxygen atoms in total. The van der Waals surface area contributed by atoms with Gasteiger partial charge in [-0.25, -0.2) is 0 Å². The standard InChI is InChI=1S/2C6H8O7.Ba.Ti/c2*7-3(8)1-6(13,5(11)12)2-4(9)10;;/h2*13H,1-2H2,(H,7,8)(H,9,10)(H,11,12);;/q;;+2;+4/p-6. The maximum absolute atomic E-state index is 10.1. The Morgan fingerprint density at radius 2 is 0.679 bits per heavy atom. The first kappa shape index (κ1) is 34.5. The average molecular weight is 563 g/mol. The minimum Gasteiger partial charge on any atom is -0.550 e. The first-order chi connectivity index (χ1) is 11.6. The van der Waals surface area contributed by atoms with E-state index in [1.54, 1.807) is 0 Å². The van der Waals surface area contributed by atoms with E-state index in [1.807, 2.05) is 0 Å². The van der Waals surface area contributed by atoms with Crippen molar-refractivity contribution < 1.29 is 91.3 Å².